The summed E-state index contributed by atoms with van der Waals surface area (Å²) in [4.78, 5) is 0. The number of benzene rings is 2. The van der Waals surface area contributed by atoms with E-state index in [0.717, 1.165) is 11.4 Å². The molecule has 2 heteroatoms. The van der Waals surface area contributed by atoms with Crippen LogP contribution in [-0.4, -0.2) is 4.57 Å². The van der Waals surface area contributed by atoms with Crippen molar-refractivity contribution in [2.24, 2.45) is 0 Å². The first-order valence-electron chi connectivity index (χ1n) is 5.69. The second kappa shape index (κ2) is 3.67. The molecule has 2 aromatic carbocycles. The Bertz CT molecular complexity index is 680. The molecule has 0 saturated heterocycles. The molecule has 0 atom stereocenters. The highest BCUT2D eigenvalue weighted by Crippen LogP contribution is 2.26. The SMILES string of the molecule is Cc1cccc2ccn(-c3ccccc3N)c12. The number of aromatic nitrogens is 1. The largest absolute Gasteiger partial charge is 0.397 e. The van der Waals surface area contributed by atoms with Crippen LogP contribution in [0.3, 0.4) is 0 Å². The Labute approximate surface area is 100 Å². The lowest BCUT2D eigenvalue weighted by Crippen LogP contribution is -1.98. The molecule has 3 rings (SSSR count). The number of para-hydroxylation sites is 3. The fourth-order valence-electron chi connectivity index (χ4n) is 2.28. The van der Waals surface area contributed by atoms with Gasteiger partial charge in [-0.2, -0.15) is 0 Å². The number of aryl methyl sites for hydroxylation is 1. The van der Waals surface area contributed by atoms with Crippen LogP contribution in [0, 0.1) is 6.92 Å². The molecule has 1 heterocycles. The Morgan fingerprint density at radius 2 is 1.76 bits per heavy atom. The van der Waals surface area contributed by atoms with Gasteiger partial charge >= 0.3 is 0 Å². The van der Waals surface area contributed by atoms with Gasteiger partial charge in [0.25, 0.3) is 0 Å². The molecule has 0 radical (unpaired) electrons. The van der Waals surface area contributed by atoms with Crippen molar-refractivity contribution in [2.45, 2.75) is 6.92 Å². The maximum Gasteiger partial charge on any atom is 0.0685 e. The lowest BCUT2D eigenvalue weighted by Gasteiger charge is -2.10. The second-order valence-electron chi connectivity index (χ2n) is 4.26. The smallest absolute Gasteiger partial charge is 0.0685 e. The topological polar surface area (TPSA) is 30.9 Å². The molecule has 3 aromatic rings. The molecule has 0 spiro atoms. The summed E-state index contributed by atoms with van der Waals surface area (Å²) >= 11 is 0. The average Bonchev–Trinajstić information content (AvgIpc) is 2.75. The monoisotopic (exact) mass is 222 g/mol. The summed E-state index contributed by atoms with van der Waals surface area (Å²) in [7, 11) is 0. The third-order valence-electron chi connectivity index (χ3n) is 3.11. The van der Waals surface area contributed by atoms with Crippen molar-refractivity contribution in [2.75, 3.05) is 5.73 Å². The minimum Gasteiger partial charge on any atom is -0.397 e. The van der Waals surface area contributed by atoms with Crippen LogP contribution < -0.4 is 5.73 Å². The van der Waals surface area contributed by atoms with Gasteiger partial charge in [0.2, 0.25) is 0 Å². The van der Waals surface area contributed by atoms with Gasteiger partial charge in [0.1, 0.15) is 0 Å². The number of rotatable bonds is 1. The average molecular weight is 222 g/mol. The third-order valence-corrected chi connectivity index (χ3v) is 3.11. The summed E-state index contributed by atoms with van der Waals surface area (Å²) < 4.78 is 2.15. The quantitative estimate of drug-likeness (QED) is 0.627. The lowest BCUT2D eigenvalue weighted by atomic mass is 10.1. The van der Waals surface area contributed by atoms with Crippen LogP contribution in [0.25, 0.3) is 16.6 Å². The van der Waals surface area contributed by atoms with Crippen LogP contribution in [0.2, 0.25) is 0 Å². The van der Waals surface area contributed by atoms with Crippen LogP contribution in [0.5, 0.6) is 0 Å². The molecule has 0 unspecified atom stereocenters. The number of nitrogens with two attached hydrogens (primary N) is 1. The Hall–Kier alpha value is -2.22. The van der Waals surface area contributed by atoms with E-state index in [2.05, 4.69) is 42.0 Å². The molecule has 0 aliphatic carbocycles. The van der Waals surface area contributed by atoms with Crippen LogP contribution in [-0.2, 0) is 0 Å². The minimum absolute atomic E-state index is 0.799. The first-order chi connectivity index (χ1) is 8.27. The molecular formula is C15H14N2. The molecule has 2 nitrogen and oxygen atoms in total. The van der Waals surface area contributed by atoms with E-state index in [4.69, 9.17) is 5.73 Å². The summed E-state index contributed by atoms with van der Waals surface area (Å²) in [5.41, 5.74) is 10.4. The van der Waals surface area contributed by atoms with Gasteiger partial charge in [0, 0.05) is 11.6 Å². The number of nitrogens with zero attached hydrogens (tertiary/aromatic N) is 1. The molecule has 0 bridgehead atoms. The second-order valence-corrected chi connectivity index (χ2v) is 4.26. The molecule has 0 fully saturated rings. The van der Waals surface area contributed by atoms with Gasteiger partial charge in [-0.25, -0.2) is 0 Å². The Morgan fingerprint density at radius 1 is 0.941 bits per heavy atom. The van der Waals surface area contributed by atoms with Crippen molar-refractivity contribution in [3.8, 4) is 5.69 Å². The van der Waals surface area contributed by atoms with Crippen LogP contribution >= 0.6 is 0 Å². The molecular weight excluding hydrogens is 208 g/mol. The van der Waals surface area contributed by atoms with E-state index in [9.17, 15) is 0 Å². The van der Waals surface area contributed by atoms with Gasteiger partial charge in [-0.1, -0.05) is 30.3 Å². The van der Waals surface area contributed by atoms with E-state index < -0.39 is 0 Å². The van der Waals surface area contributed by atoms with Crippen LogP contribution in [0.4, 0.5) is 5.69 Å². The van der Waals surface area contributed by atoms with Gasteiger partial charge in [-0.05, 0) is 30.7 Å². The highest BCUT2D eigenvalue weighted by molar-refractivity contribution is 5.85. The first-order valence-corrected chi connectivity index (χ1v) is 5.69. The van der Waals surface area contributed by atoms with E-state index in [1.54, 1.807) is 0 Å². The molecule has 0 saturated carbocycles. The minimum atomic E-state index is 0.799. The van der Waals surface area contributed by atoms with Crippen molar-refractivity contribution >= 4 is 16.6 Å². The zero-order chi connectivity index (χ0) is 11.8. The van der Waals surface area contributed by atoms with Crippen molar-refractivity contribution in [3.05, 3.63) is 60.3 Å². The summed E-state index contributed by atoms with van der Waals surface area (Å²) in [6.45, 7) is 2.12. The Kier molecular flexibility index (Phi) is 2.15. The fraction of sp³-hybridized carbons (Fsp3) is 0.0667. The van der Waals surface area contributed by atoms with Crippen molar-refractivity contribution < 1.29 is 0 Å². The summed E-state index contributed by atoms with van der Waals surface area (Å²) in [5.74, 6) is 0. The maximum absolute atomic E-state index is 6.03. The third kappa shape index (κ3) is 1.49. The molecule has 84 valence electrons. The number of nitrogen functional groups attached to an aromatic ring is 1. The molecule has 0 aliphatic heterocycles. The lowest BCUT2D eigenvalue weighted by molar-refractivity contribution is 1.12. The molecule has 0 amide bonds. The van der Waals surface area contributed by atoms with E-state index in [0.29, 0.717) is 0 Å². The highest BCUT2D eigenvalue weighted by atomic mass is 15.0. The Balaban J connectivity index is 2.36. The van der Waals surface area contributed by atoms with E-state index >= 15 is 0 Å². The van der Waals surface area contributed by atoms with Gasteiger partial charge in [-0.3, -0.25) is 0 Å². The predicted molar refractivity (Wildman–Crippen MR) is 72.4 cm³/mol. The fourth-order valence-corrected chi connectivity index (χ4v) is 2.28. The van der Waals surface area contributed by atoms with Gasteiger partial charge < -0.3 is 10.3 Å². The predicted octanol–water partition coefficient (Wildman–Crippen LogP) is 3.52. The molecule has 1 aromatic heterocycles. The van der Waals surface area contributed by atoms with Gasteiger partial charge in [0.05, 0.1) is 16.9 Å². The van der Waals surface area contributed by atoms with Gasteiger partial charge in [0.15, 0.2) is 0 Å². The first kappa shape index (κ1) is 9.97. The van der Waals surface area contributed by atoms with Crippen LogP contribution in [0.15, 0.2) is 54.7 Å². The standard InChI is InChI=1S/C15H14N2/c1-11-5-4-6-12-9-10-17(15(11)12)14-8-3-2-7-13(14)16/h2-10H,16H2,1H3. The summed E-state index contributed by atoms with van der Waals surface area (Å²) in [6.07, 6.45) is 2.07. The van der Waals surface area contributed by atoms with Crippen LogP contribution in [0.1, 0.15) is 5.56 Å². The summed E-state index contributed by atoms with van der Waals surface area (Å²) in [6, 6.07) is 16.4. The Morgan fingerprint density at radius 3 is 2.59 bits per heavy atom. The van der Waals surface area contributed by atoms with E-state index in [1.165, 1.54) is 16.5 Å². The highest BCUT2D eigenvalue weighted by Gasteiger charge is 2.07. The maximum atomic E-state index is 6.03. The number of hydrogen-bond acceptors (Lipinski definition) is 1. The van der Waals surface area contributed by atoms with Gasteiger partial charge in [-0.15, -0.1) is 0 Å². The summed E-state index contributed by atoms with van der Waals surface area (Å²) in [5, 5.41) is 1.24. The van der Waals surface area contributed by atoms with Crippen molar-refractivity contribution in [1.29, 1.82) is 0 Å². The van der Waals surface area contributed by atoms with Crippen molar-refractivity contribution in [3.63, 3.8) is 0 Å². The molecule has 2 N–H and O–H groups in total. The molecule has 17 heavy (non-hydrogen) atoms. The van der Waals surface area contributed by atoms with E-state index in [-0.39, 0.29) is 0 Å². The molecule has 0 aliphatic rings. The number of fused-ring (bicyclic) bond motifs is 1. The number of hydrogen-bond donors (Lipinski definition) is 1. The van der Waals surface area contributed by atoms with Crippen molar-refractivity contribution in [1.82, 2.24) is 4.57 Å². The number of anilines is 1. The zero-order valence-electron chi connectivity index (χ0n) is 9.72. The zero-order valence-corrected chi connectivity index (χ0v) is 9.72. The normalized spacial score (nSPS) is 10.9. The van der Waals surface area contributed by atoms with E-state index in [1.807, 2.05) is 24.3 Å².